The van der Waals surface area contributed by atoms with Gasteiger partial charge in [0.25, 0.3) is 0 Å². The van der Waals surface area contributed by atoms with Gasteiger partial charge in [-0.1, -0.05) is 17.7 Å². The lowest BCUT2D eigenvalue weighted by molar-refractivity contribution is 1.09. The van der Waals surface area contributed by atoms with Gasteiger partial charge in [-0.05, 0) is 31.2 Å². The molecule has 0 aliphatic heterocycles. The monoisotopic (exact) mass is 248 g/mol. The Morgan fingerprint density at radius 1 is 1.25 bits per heavy atom. The summed E-state index contributed by atoms with van der Waals surface area (Å²) in [5.74, 6) is 0.963. The van der Waals surface area contributed by atoms with E-state index in [9.17, 15) is 0 Å². The van der Waals surface area contributed by atoms with Crippen molar-refractivity contribution >= 4 is 28.5 Å². The third-order valence-electron chi connectivity index (χ3n) is 2.54. The second-order valence-electron chi connectivity index (χ2n) is 3.61. The van der Waals surface area contributed by atoms with Gasteiger partial charge in [-0.2, -0.15) is 0 Å². The van der Waals surface area contributed by atoms with Crippen molar-refractivity contribution in [2.24, 2.45) is 0 Å². The van der Waals surface area contributed by atoms with Crippen molar-refractivity contribution in [2.45, 2.75) is 6.92 Å². The summed E-state index contributed by atoms with van der Waals surface area (Å²) in [6.07, 6.45) is 1.88. The molecule has 0 fully saturated rings. The van der Waals surface area contributed by atoms with Crippen LogP contribution in [0.3, 0.4) is 0 Å². The van der Waals surface area contributed by atoms with Crippen molar-refractivity contribution in [2.75, 3.05) is 0 Å². The van der Waals surface area contributed by atoms with E-state index in [1.807, 2.05) is 24.4 Å². The zero-order chi connectivity index (χ0) is 11.1. The standard InChI is InChI=1S/C12H9ClN2S/c1-8-3-2-4-9-7-14-12(15(8)9)10-5-6-11(13)16-10/h2-7H,1H3. The molecule has 0 amide bonds. The minimum absolute atomic E-state index is 0.792. The van der Waals surface area contributed by atoms with Crippen LogP contribution in [0, 0.1) is 6.92 Å². The Morgan fingerprint density at radius 3 is 2.88 bits per heavy atom. The predicted molar refractivity (Wildman–Crippen MR) is 68.3 cm³/mol. The number of hydrogen-bond donors (Lipinski definition) is 0. The molecule has 0 aliphatic rings. The minimum atomic E-state index is 0.792. The summed E-state index contributed by atoms with van der Waals surface area (Å²) in [6.45, 7) is 2.08. The Labute approximate surface area is 102 Å². The van der Waals surface area contributed by atoms with Gasteiger partial charge in [0.05, 0.1) is 20.9 Å². The summed E-state index contributed by atoms with van der Waals surface area (Å²) in [6, 6.07) is 10.1. The van der Waals surface area contributed by atoms with Crippen LogP contribution in [-0.4, -0.2) is 9.38 Å². The molecule has 4 heteroatoms. The normalized spacial score (nSPS) is 11.1. The summed E-state index contributed by atoms with van der Waals surface area (Å²) in [5, 5.41) is 0. The summed E-state index contributed by atoms with van der Waals surface area (Å²) in [7, 11) is 0. The molecule has 0 bridgehead atoms. The number of aromatic nitrogens is 2. The molecule has 0 aromatic carbocycles. The van der Waals surface area contributed by atoms with Crippen molar-refractivity contribution in [3.63, 3.8) is 0 Å². The highest BCUT2D eigenvalue weighted by Gasteiger charge is 2.09. The molecule has 0 atom stereocenters. The van der Waals surface area contributed by atoms with Gasteiger partial charge in [0.1, 0.15) is 0 Å². The second-order valence-corrected chi connectivity index (χ2v) is 5.33. The van der Waals surface area contributed by atoms with E-state index in [4.69, 9.17) is 11.6 Å². The molecular formula is C12H9ClN2S. The Balaban J connectivity index is 2.32. The Morgan fingerprint density at radius 2 is 2.12 bits per heavy atom. The molecule has 3 heterocycles. The third kappa shape index (κ3) is 1.44. The molecule has 0 radical (unpaired) electrons. The number of pyridine rings is 1. The summed E-state index contributed by atoms with van der Waals surface area (Å²) < 4.78 is 2.93. The zero-order valence-electron chi connectivity index (χ0n) is 8.64. The molecule has 0 spiro atoms. The molecule has 0 N–H and O–H groups in total. The maximum absolute atomic E-state index is 5.95. The number of aryl methyl sites for hydroxylation is 1. The molecule has 0 aliphatic carbocycles. The molecular weight excluding hydrogens is 240 g/mol. The summed E-state index contributed by atoms with van der Waals surface area (Å²) in [4.78, 5) is 5.55. The van der Waals surface area contributed by atoms with Gasteiger partial charge in [-0.3, -0.25) is 4.40 Å². The van der Waals surface area contributed by atoms with Gasteiger partial charge in [-0.15, -0.1) is 11.3 Å². The zero-order valence-corrected chi connectivity index (χ0v) is 10.2. The van der Waals surface area contributed by atoms with Crippen molar-refractivity contribution in [1.82, 2.24) is 9.38 Å². The van der Waals surface area contributed by atoms with E-state index in [1.54, 1.807) is 11.3 Å². The van der Waals surface area contributed by atoms with Crippen LogP contribution in [0.2, 0.25) is 4.34 Å². The molecule has 0 saturated carbocycles. The van der Waals surface area contributed by atoms with Gasteiger partial charge >= 0.3 is 0 Å². The molecule has 80 valence electrons. The topological polar surface area (TPSA) is 17.3 Å². The average Bonchev–Trinajstić information content (AvgIpc) is 2.84. The van der Waals surface area contributed by atoms with Gasteiger partial charge in [-0.25, -0.2) is 4.98 Å². The molecule has 16 heavy (non-hydrogen) atoms. The maximum atomic E-state index is 5.95. The van der Waals surface area contributed by atoms with Gasteiger partial charge in [0.2, 0.25) is 0 Å². The van der Waals surface area contributed by atoms with E-state index in [-0.39, 0.29) is 0 Å². The largest absolute Gasteiger partial charge is 0.296 e. The maximum Gasteiger partial charge on any atom is 0.154 e. The van der Waals surface area contributed by atoms with Crippen LogP contribution in [0.1, 0.15) is 5.69 Å². The van der Waals surface area contributed by atoms with Crippen molar-refractivity contribution in [1.29, 1.82) is 0 Å². The van der Waals surface area contributed by atoms with Crippen LogP contribution in [0.25, 0.3) is 16.2 Å². The first-order valence-corrected chi connectivity index (χ1v) is 6.14. The average molecular weight is 249 g/mol. The minimum Gasteiger partial charge on any atom is -0.296 e. The number of hydrogen-bond acceptors (Lipinski definition) is 2. The number of fused-ring (bicyclic) bond motifs is 1. The fraction of sp³-hybridized carbons (Fsp3) is 0.0833. The van der Waals surface area contributed by atoms with E-state index in [2.05, 4.69) is 28.4 Å². The molecule has 3 aromatic rings. The number of nitrogens with zero attached hydrogens (tertiary/aromatic N) is 2. The first-order valence-electron chi connectivity index (χ1n) is 4.94. The van der Waals surface area contributed by atoms with Crippen molar-refractivity contribution in [3.8, 4) is 10.7 Å². The van der Waals surface area contributed by atoms with Crippen LogP contribution in [-0.2, 0) is 0 Å². The lowest BCUT2D eigenvalue weighted by Gasteiger charge is -2.02. The Hall–Kier alpha value is -1.32. The van der Waals surface area contributed by atoms with E-state index < -0.39 is 0 Å². The fourth-order valence-corrected chi connectivity index (χ4v) is 2.85. The number of thiophene rings is 1. The highest BCUT2D eigenvalue weighted by molar-refractivity contribution is 7.19. The quantitative estimate of drug-likeness (QED) is 0.636. The van der Waals surface area contributed by atoms with Crippen LogP contribution in [0.5, 0.6) is 0 Å². The lowest BCUT2D eigenvalue weighted by atomic mass is 10.3. The van der Waals surface area contributed by atoms with Crippen LogP contribution >= 0.6 is 22.9 Å². The third-order valence-corrected chi connectivity index (χ3v) is 3.77. The van der Waals surface area contributed by atoms with Gasteiger partial charge in [0.15, 0.2) is 5.82 Å². The smallest absolute Gasteiger partial charge is 0.154 e. The molecule has 3 aromatic heterocycles. The highest BCUT2D eigenvalue weighted by Crippen LogP contribution is 2.30. The first-order chi connectivity index (χ1) is 7.75. The lowest BCUT2D eigenvalue weighted by Crippen LogP contribution is -1.92. The number of halogens is 1. The number of imidazole rings is 1. The molecule has 0 saturated heterocycles. The number of rotatable bonds is 1. The highest BCUT2D eigenvalue weighted by atomic mass is 35.5. The van der Waals surface area contributed by atoms with Crippen molar-refractivity contribution < 1.29 is 0 Å². The van der Waals surface area contributed by atoms with Gasteiger partial charge in [0, 0.05) is 5.69 Å². The van der Waals surface area contributed by atoms with E-state index in [1.165, 1.54) is 5.69 Å². The first kappa shape index (κ1) is 9.87. The van der Waals surface area contributed by atoms with Crippen molar-refractivity contribution in [3.05, 3.63) is 46.6 Å². The summed E-state index contributed by atoms with van der Waals surface area (Å²) >= 11 is 7.50. The fourth-order valence-electron chi connectivity index (χ4n) is 1.82. The predicted octanol–water partition coefficient (Wildman–Crippen LogP) is 4.02. The van der Waals surface area contributed by atoms with Gasteiger partial charge < -0.3 is 0 Å². The van der Waals surface area contributed by atoms with Crippen LogP contribution < -0.4 is 0 Å². The molecule has 3 rings (SSSR count). The second kappa shape index (κ2) is 3.61. The summed E-state index contributed by atoms with van der Waals surface area (Å²) in [5.41, 5.74) is 2.29. The molecule has 0 unspecified atom stereocenters. The SMILES string of the molecule is Cc1cccc2cnc(-c3ccc(Cl)s3)n12. The van der Waals surface area contributed by atoms with Crippen LogP contribution in [0.4, 0.5) is 0 Å². The van der Waals surface area contributed by atoms with E-state index >= 15 is 0 Å². The van der Waals surface area contributed by atoms with E-state index in [0.29, 0.717) is 0 Å². The van der Waals surface area contributed by atoms with E-state index in [0.717, 1.165) is 20.6 Å². The molecule has 2 nitrogen and oxygen atoms in total. The Kier molecular flexibility index (Phi) is 2.23. The Bertz CT molecular complexity index is 654. The van der Waals surface area contributed by atoms with Crippen LogP contribution in [0.15, 0.2) is 36.5 Å².